The zero-order chi connectivity index (χ0) is 44.1. The van der Waals surface area contributed by atoms with Crippen LogP contribution < -0.4 is 10.4 Å². The molecular weight excluding hydrogens is 769 g/mol. The van der Waals surface area contributed by atoms with Gasteiger partial charge in [0.15, 0.2) is 0 Å². The molecular formula is C64H54. The quantitative estimate of drug-likeness (QED) is 0.152. The lowest BCUT2D eigenvalue weighted by Gasteiger charge is -2.23. The van der Waals surface area contributed by atoms with Gasteiger partial charge in [-0.15, -0.1) is 0 Å². The molecule has 10 aromatic rings. The third-order valence-corrected chi connectivity index (χ3v) is 14.9. The van der Waals surface area contributed by atoms with Gasteiger partial charge in [0, 0.05) is 0 Å². The molecule has 10 aromatic carbocycles. The Morgan fingerprint density at radius 1 is 0.297 bits per heavy atom. The molecule has 64 heavy (non-hydrogen) atoms. The van der Waals surface area contributed by atoms with E-state index in [0.29, 0.717) is 0 Å². The van der Waals surface area contributed by atoms with Gasteiger partial charge in [-0.2, -0.15) is 0 Å². The van der Waals surface area contributed by atoms with Gasteiger partial charge in [-0.25, -0.2) is 0 Å². The number of aryl methyl sites for hydroxylation is 4. The van der Waals surface area contributed by atoms with E-state index < -0.39 is 0 Å². The van der Waals surface area contributed by atoms with Crippen molar-refractivity contribution in [2.24, 2.45) is 0 Å². The van der Waals surface area contributed by atoms with Crippen LogP contribution in [-0.4, -0.2) is 0 Å². The van der Waals surface area contributed by atoms with E-state index in [4.69, 9.17) is 0 Å². The van der Waals surface area contributed by atoms with Crippen LogP contribution >= 0.6 is 0 Å². The fourth-order valence-electron chi connectivity index (χ4n) is 11.9. The standard InChI is InChI=1S/C64H54/c1-35-27-41(63(5,6)7)28-36(2)55(35)61-53-33-39-32-52-54(34-40(39)31-51(53)57-47-23-15-11-19-43(47)45-21-13-17-25-49(45)59(57)61)62(56-37(3)29-42(30-38(56)4)64(8,9)10)60-50-26-18-14-22-46(50)44-20-12-16-24-48(44)58(52)60/h11-34H,1-10H3. The lowest BCUT2D eigenvalue weighted by Crippen LogP contribution is -2.15. The summed E-state index contributed by atoms with van der Waals surface area (Å²) in [6.45, 7) is 23.3. The van der Waals surface area contributed by atoms with E-state index in [2.05, 4.69) is 215 Å². The summed E-state index contributed by atoms with van der Waals surface area (Å²) in [4.78, 5) is 0. The van der Waals surface area contributed by atoms with Crippen molar-refractivity contribution < 1.29 is 0 Å². The number of rotatable bonds is 2. The predicted molar refractivity (Wildman–Crippen MR) is 274 cm³/mol. The molecule has 0 amide bonds. The number of hydrogen-bond donors (Lipinski definition) is 0. The minimum atomic E-state index is 0.0526. The summed E-state index contributed by atoms with van der Waals surface area (Å²) in [5.41, 5.74) is 16.3. The summed E-state index contributed by atoms with van der Waals surface area (Å²) >= 11 is 0. The van der Waals surface area contributed by atoms with Gasteiger partial charge in [0.1, 0.15) is 0 Å². The van der Waals surface area contributed by atoms with E-state index in [9.17, 15) is 0 Å². The first kappa shape index (κ1) is 38.9. The number of benzene rings is 10. The maximum atomic E-state index is 2.55. The van der Waals surface area contributed by atoms with Crippen LogP contribution in [0, 0.1) is 48.6 Å². The Labute approximate surface area is 375 Å². The molecule has 0 unspecified atom stereocenters. The van der Waals surface area contributed by atoms with Crippen LogP contribution in [-0.2, 0) is 10.8 Å². The molecule has 0 saturated carbocycles. The number of fused-ring (bicyclic) bond motifs is 15. The van der Waals surface area contributed by atoms with Gasteiger partial charge in [-0.3, -0.25) is 0 Å². The summed E-state index contributed by atoms with van der Waals surface area (Å²) in [6, 6.07) is 56.4. The molecule has 0 aliphatic heterocycles. The minimum absolute atomic E-state index is 0.0526. The lowest BCUT2D eigenvalue weighted by molar-refractivity contribution is 0.589. The molecule has 12 rings (SSSR count). The first-order chi connectivity index (χ1) is 30.7. The van der Waals surface area contributed by atoms with Gasteiger partial charge >= 0.3 is 0 Å². The maximum Gasteiger partial charge on any atom is -0.000765 e. The van der Waals surface area contributed by atoms with Crippen molar-refractivity contribution in [3.8, 4) is 0 Å². The van der Waals surface area contributed by atoms with Crippen LogP contribution in [0.5, 0.6) is 0 Å². The molecule has 0 aromatic heterocycles. The highest BCUT2D eigenvalue weighted by atomic mass is 14.3. The van der Waals surface area contributed by atoms with Crippen molar-refractivity contribution in [3.05, 3.63) is 233 Å². The molecule has 2 aliphatic rings. The topological polar surface area (TPSA) is 0 Å². The Bertz CT molecular complexity index is 3790. The Morgan fingerprint density at radius 2 is 0.562 bits per heavy atom. The van der Waals surface area contributed by atoms with Crippen molar-refractivity contribution in [2.45, 2.75) is 80.1 Å². The van der Waals surface area contributed by atoms with E-state index in [-0.39, 0.29) is 10.8 Å². The smallest absolute Gasteiger partial charge is 0.000765 e. The van der Waals surface area contributed by atoms with Gasteiger partial charge in [0.05, 0.1) is 0 Å². The molecule has 0 atom stereocenters. The molecule has 0 heteroatoms. The molecule has 0 N–H and O–H groups in total. The highest BCUT2D eigenvalue weighted by Gasteiger charge is 2.28. The monoisotopic (exact) mass is 822 g/mol. The Hall–Kier alpha value is -6.76. The zero-order valence-corrected chi connectivity index (χ0v) is 38.9. The van der Waals surface area contributed by atoms with E-state index in [1.54, 1.807) is 0 Å². The van der Waals surface area contributed by atoms with Crippen molar-refractivity contribution in [3.63, 3.8) is 0 Å². The average molecular weight is 823 g/mol. The second-order valence-corrected chi connectivity index (χ2v) is 21.0. The van der Waals surface area contributed by atoms with Crippen LogP contribution in [0.4, 0.5) is 0 Å². The maximum absolute atomic E-state index is 2.55. The Balaban J connectivity index is 1.29. The predicted octanol–water partition coefficient (Wildman–Crippen LogP) is 15.0. The van der Waals surface area contributed by atoms with E-state index >= 15 is 0 Å². The highest BCUT2D eigenvalue weighted by Crippen LogP contribution is 2.42. The van der Waals surface area contributed by atoms with Crippen molar-refractivity contribution in [1.29, 1.82) is 0 Å². The molecule has 0 bridgehead atoms. The third-order valence-electron chi connectivity index (χ3n) is 14.9. The van der Waals surface area contributed by atoms with Gasteiger partial charge in [0.2, 0.25) is 0 Å². The molecule has 0 fully saturated rings. The molecule has 0 spiro atoms. The zero-order valence-electron chi connectivity index (χ0n) is 38.9. The normalized spacial score (nSPS) is 13.4. The summed E-state index contributed by atoms with van der Waals surface area (Å²) in [6.07, 6.45) is 0. The molecule has 2 aliphatic carbocycles. The van der Waals surface area contributed by atoms with Crippen molar-refractivity contribution >= 4 is 65.0 Å². The van der Waals surface area contributed by atoms with Crippen LogP contribution in [0.2, 0.25) is 0 Å². The average Bonchev–Trinajstić information content (AvgIpc) is 3.76. The van der Waals surface area contributed by atoms with Gasteiger partial charge in [-0.1, -0.05) is 163 Å². The fourth-order valence-corrected chi connectivity index (χ4v) is 11.9. The lowest BCUT2D eigenvalue weighted by atomic mass is 9.81. The highest BCUT2D eigenvalue weighted by molar-refractivity contribution is 6.13. The largest absolute Gasteiger partial charge is 0.0616 e. The van der Waals surface area contributed by atoms with Crippen LogP contribution in [0.25, 0.3) is 65.0 Å². The summed E-state index contributed by atoms with van der Waals surface area (Å²) < 4.78 is 0. The Morgan fingerprint density at radius 3 is 0.844 bits per heavy atom. The molecule has 0 heterocycles. The van der Waals surface area contributed by atoms with E-state index in [1.165, 1.54) is 152 Å². The first-order valence-corrected chi connectivity index (χ1v) is 23.2. The first-order valence-electron chi connectivity index (χ1n) is 23.2. The molecule has 0 radical (unpaired) electrons. The van der Waals surface area contributed by atoms with Crippen molar-refractivity contribution in [2.75, 3.05) is 0 Å². The van der Waals surface area contributed by atoms with Gasteiger partial charge in [-0.05, 0) is 215 Å². The summed E-state index contributed by atoms with van der Waals surface area (Å²) in [5.74, 6) is 0. The second-order valence-electron chi connectivity index (χ2n) is 21.0. The van der Waals surface area contributed by atoms with E-state index in [1.807, 2.05) is 0 Å². The molecule has 0 saturated heterocycles. The minimum Gasteiger partial charge on any atom is -0.0616 e. The van der Waals surface area contributed by atoms with Crippen LogP contribution in [0.3, 0.4) is 0 Å². The van der Waals surface area contributed by atoms with Gasteiger partial charge < -0.3 is 0 Å². The third kappa shape index (κ3) is 5.41. The summed E-state index contributed by atoms with van der Waals surface area (Å²) in [7, 11) is 0. The summed E-state index contributed by atoms with van der Waals surface area (Å²) in [5, 5.41) is 21.2. The molecule has 0 nitrogen and oxygen atoms in total. The molecule has 310 valence electrons. The van der Waals surface area contributed by atoms with Crippen LogP contribution in [0.1, 0.15) is 97.2 Å². The second kappa shape index (κ2) is 13.4. The van der Waals surface area contributed by atoms with Crippen LogP contribution in [0.15, 0.2) is 146 Å². The SMILES string of the molecule is Cc1cc(C(C)(C)C)cc(C)c1C1=c2c(c3ccccc3c3ccccc23)=c2cc3cc4c(cc3cc21)=c1c(c2ccccc2c2ccccc12)=C4c1c(C)cc(C(C)(C)C)cc1C. The Kier molecular flexibility index (Phi) is 8.13. The fraction of sp³-hybridized carbons (Fsp3) is 0.188. The van der Waals surface area contributed by atoms with Crippen molar-refractivity contribution in [1.82, 2.24) is 0 Å². The number of hydrogen-bond acceptors (Lipinski definition) is 0. The van der Waals surface area contributed by atoms with Gasteiger partial charge in [0.25, 0.3) is 0 Å². The van der Waals surface area contributed by atoms with E-state index in [0.717, 1.165) is 0 Å².